The minimum absolute atomic E-state index is 0.0546. The molecule has 1 aliphatic rings. The first-order chi connectivity index (χ1) is 11.5. The van der Waals surface area contributed by atoms with E-state index in [0.717, 1.165) is 12.0 Å². The Morgan fingerprint density at radius 2 is 1.71 bits per heavy atom. The number of ether oxygens (including phenoxy) is 2. The lowest BCUT2D eigenvalue weighted by atomic mass is 9.99. The summed E-state index contributed by atoms with van der Waals surface area (Å²) >= 11 is 0. The van der Waals surface area contributed by atoms with E-state index < -0.39 is 0 Å². The average Bonchev–Trinajstić information content (AvgIpc) is 2.85. The molecule has 132 valence electrons. The molecule has 1 aromatic rings. The van der Waals surface area contributed by atoms with Crippen LogP contribution in [-0.4, -0.2) is 62.2 Å². The van der Waals surface area contributed by atoms with E-state index in [1.165, 1.54) is 7.11 Å². The SMILES string of the molecule is COC(=O)N1CCCN(C(=O)c2cc(C(C)C)ccc2OC)CC1. The third-order valence-electron chi connectivity index (χ3n) is 4.34. The van der Waals surface area contributed by atoms with Gasteiger partial charge in [-0.25, -0.2) is 4.79 Å². The summed E-state index contributed by atoms with van der Waals surface area (Å²) in [5.74, 6) is 0.862. The van der Waals surface area contributed by atoms with Crippen LogP contribution < -0.4 is 4.74 Å². The van der Waals surface area contributed by atoms with Gasteiger partial charge in [-0.05, 0) is 30.0 Å². The van der Waals surface area contributed by atoms with E-state index in [4.69, 9.17) is 9.47 Å². The van der Waals surface area contributed by atoms with Crippen LogP contribution in [0.25, 0.3) is 0 Å². The number of hydrogen-bond donors (Lipinski definition) is 0. The molecule has 0 bridgehead atoms. The van der Waals surface area contributed by atoms with Gasteiger partial charge in [-0.15, -0.1) is 0 Å². The number of benzene rings is 1. The van der Waals surface area contributed by atoms with Gasteiger partial charge in [0, 0.05) is 26.2 Å². The summed E-state index contributed by atoms with van der Waals surface area (Å²) in [4.78, 5) is 28.0. The van der Waals surface area contributed by atoms with Crippen LogP contribution in [0.5, 0.6) is 5.75 Å². The van der Waals surface area contributed by atoms with Gasteiger partial charge in [0.15, 0.2) is 0 Å². The predicted octanol–water partition coefficient (Wildman–Crippen LogP) is 2.73. The summed E-state index contributed by atoms with van der Waals surface area (Å²) < 4.78 is 10.1. The van der Waals surface area contributed by atoms with Crippen LogP contribution in [0, 0.1) is 0 Å². The van der Waals surface area contributed by atoms with Gasteiger partial charge in [0.1, 0.15) is 5.75 Å². The monoisotopic (exact) mass is 334 g/mol. The topological polar surface area (TPSA) is 59.1 Å². The summed E-state index contributed by atoms with van der Waals surface area (Å²) in [5.41, 5.74) is 1.68. The van der Waals surface area contributed by atoms with Gasteiger partial charge < -0.3 is 19.3 Å². The molecule has 1 saturated heterocycles. The fraction of sp³-hybridized carbons (Fsp3) is 0.556. The number of hydrogen-bond acceptors (Lipinski definition) is 4. The van der Waals surface area contributed by atoms with E-state index in [-0.39, 0.29) is 12.0 Å². The van der Waals surface area contributed by atoms with Crippen molar-refractivity contribution in [1.82, 2.24) is 9.80 Å². The van der Waals surface area contributed by atoms with Crippen molar-refractivity contribution in [2.45, 2.75) is 26.2 Å². The van der Waals surface area contributed by atoms with E-state index in [9.17, 15) is 9.59 Å². The molecule has 6 nitrogen and oxygen atoms in total. The van der Waals surface area contributed by atoms with Crippen LogP contribution in [0.15, 0.2) is 18.2 Å². The van der Waals surface area contributed by atoms with E-state index in [1.807, 2.05) is 18.2 Å². The molecule has 1 heterocycles. The van der Waals surface area contributed by atoms with Crippen molar-refractivity contribution in [3.63, 3.8) is 0 Å². The smallest absolute Gasteiger partial charge is 0.409 e. The highest BCUT2D eigenvalue weighted by Crippen LogP contribution is 2.26. The Morgan fingerprint density at radius 3 is 2.33 bits per heavy atom. The second-order valence-corrected chi connectivity index (χ2v) is 6.22. The van der Waals surface area contributed by atoms with Crippen molar-refractivity contribution in [3.8, 4) is 5.75 Å². The summed E-state index contributed by atoms with van der Waals surface area (Å²) in [5, 5.41) is 0. The second kappa shape index (κ2) is 8.04. The molecule has 6 heteroatoms. The predicted molar refractivity (Wildman–Crippen MR) is 91.6 cm³/mol. The Balaban J connectivity index is 2.19. The maximum Gasteiger partial charge on any atom is 0.409 e. The van der Waals surface area contributed by atoms with E-state index >= 15 is 0 Å². The quantitative estimate of drug-likeness (QED) is 0.853. The Kier molecular flexibility index (Phi) is 6.06. The van der Waals surface area contributed by atoms with Crippen molar-refractivity contribution in [3.05, 3.63) is 29.3 Å². The maximum atomic E-state index is 13.0. The zero-order valence-corrected chi connectivity index (χ0v) is 14.9. The first-order valence-corrected chi connectivity index (χ1v) is 8.28. The first kappa shape index (κ1) is 18.1. The standard InChI is InChI=1S/C18H26N2O4/c1-13(2)14-6-7-16(23-3)15(12-14)17(21)19-8-5-9-20(11-10-19)18(22)24-4/h6-7,12-13H,5,8-11H2,1-4H3. The van der Waals surface area contributed by atoms with Crippen molar-refractivity contribution >= 4 is 12.0 Å². The molecule has 0 spiro atoms. The number of nitrogens with zero attached hydrogens (tertiary/aromatic N) is 2. The molecule has 1 aromatic carbocycles. The van der Waals surface area contributed by atoms with Crippen LogP contribution in [-0.2, 0) is 4.74 Å². The molecule has 1 fully saturated rings. The summed E-state index contributed by atoms with van der Waals surface area (Å²) in [6.07, 6.45) is 0.385. The number of carbonyl (C=O) groups excluding carboxylic acids is 2. The molecule has 0 atom stereocenters. The molecule has 24 heavy (non-hydrogen) atoms. The molecule has 0 aliphatic carbocycles. The van der Waals surface area contributed by atoms with E-state index in [2.05, 4.69) is 13.8 Å². The first-order valence-electron chi connectivity index (χ1n) is 8.28. The lowest BCUT2D eigenvalue weighted by molar-refractivity contribution is 0.0753. The van der Waals surface area contributed by atoms with Gasteiger partial charge in [0.2, 0.25) is 0 Å². The van der Waals surface area contributed by atoms with E-state index in [1.54, 1.807) is 16.9 Å². The van der Waals surface area contributed by atoms with Crippen LogP contribution in [0.2, 0.25) is 0 Å². The average molecular weight is 334 g/mol. The largest absolute Gasteiger partial charge is 0.496 e. The Labute approximate surface area is 143 Å². The van der Waals surface area contributed by atoms with Gasteiger partial charge in [-0.3, -0.25) is 4.79 Å². The molecular formula is C18H26N2O4. The van der Waals surface area contributed by atoms with Gasteiger partial charge in [0.25, 0.3) is 5.91 Å². The minimum Gasteiger partial charge on any atom is -0.496 e. The van der Waals surface area contributed by atoms with Crippen LogP contribution >= 0.6 is 0 Å². The summed E-state index contributed by atoms with van der Waals surface area (Å²) in [6.45, 7) is 6.36. The lowest BCUT2D eigenvalue weighted by Gasteiger charge is -2.23. The Bertz CT molecular complexity index is 601. The van der Waals surface area contributed by atoms with Crippen molar-refractivity contribution < 1.29 is 19.1 Å². The van der Waals surface area contributed by atoms with Gasteiger partial charge >= 0.3 is 6.09 Å². The third-order valence-corrected chi connectivity index (χ3v) is 4.34. The van der Waals surface area contributed by atoms with Gasteiger partial charge in [0.05, 0.1) is 19.8 Å². The van der Waals surface area contributed by atoms with Crippen molar-refractivity contribution in [2.24, 2.45) is 0 Å². The molecule has 0 saturated carbocycles. The lowest BCUT2D eigenvalue weighted by Crippen LogP contribution is -2.37. The maximum absolute atomic E-state index is 13.0. The zero-order chi connectivity index (χ0) is 17.7. The molecule has 0 N–H and O–H groups in total. The van der Waals surface area contributed by atoms with E-state index in [0.29, 0.717) is 43.4 Å². The molecule has 0 radical (unpaired) electrons. The fourth-order valence-electron chi connectivity index (χ4n) is 2.85. The van der Waals surface area contributed by atoms with Crippen molar-refractivity contribution in [2.75, 3.05) is 40.4 Å². The molecule has 1 aliphatic heterocycles. The normalized spacial score (nSPS) is 15.2. The second-order valence-electron chi connectivity index (χ2n) is 6.22. The number of amides is 2. The van der Waals surface area contributed by atoms with Gasteiger partial charge in [-0.1, -0.05) is 19.9 Å². The highest BCUT2D eigenvalue weighted by Gasteiger charge is 2.25. The number of rotatable bonds is 3. The highest BCUT2D eigenvalue weighted by atomic mass is 16.5. The molecule has 2 amide bonds. The van der Waals surface area contributed by atoms with Crippen LogP contribution in [0.3, 0.4) is 0 Å². The number of methoxy groups -OCH3 is 2. The summed E-state index contributed by atoms with van der Waals surface area (Å²) in [6, 6.07) is 5.75. The van der Waals surface area contributed by atoms with Crippen molar-refractivity contribution in [1.29, 1.82) is 0 Å². The van der Waals surface area contributed by atoms with Crippen LogP contribution in [0.4, 0.5) is 4.79 Å². The summed E-state index contributed by atoms with van der Waals surface area (Å²) in [7, 11) is 2.95. The zero-order valence-electron chi connectivity index (χ0n) is 14.9. The molecular weight excluding hydrogens is 308 g/mol. The molecule has 0 aromatic heterocycles. The minimum atomic E-state index is -0.344. The Morgan fingerprint density at radius 1 is 1.04 bits per heavy atom. The van der Waals surface area contributed by atoms with Crippen LogP contribution in [0.1, 0.15) is 42.1 Å². The molecule has 0 unspecified atom stereocenters. The van der Waals surface area contributed by atoms with Gasteiger partial charge in [-0.2, -0.15) is 0 Å². The fourth-order valence-corrected chi connectivity index (χ4v) is 2.85. The Hall–Kier alpha value is -2.24. The number of carbonyl (C=O) groups is 2. The highest BCUT2D eigenvalue weighted by molar-refractivity contribution is 5.97. The molecule has 2 rings (SSSR count). The third kappa shape index (κ3) is 3.99.